The van der Waals surface area contributed by atoms with E-state index >= 15 is 0 Å². The smallest absolute Gasteiger partial charge is 0.364 e. The lowest BCUT2D eigenvalue weighted by Gasteiger charge is -2.09. The van der Waals surface area contributed by atoms with Crippen molar-refractivity contribution in [2.45, 2.75) is 19.9 Å². The van der Waals surface area contributed by atoms with Crippen molar-refractivity contribution >= 4 is 28.2 Å². The number of nitro groups is 1. The van der Waals surface area contributed by atoms with Gasteiger partial charge in [-0.1, -0.05) is 18.2 Å². The minimum Gasteiger partial charge on any atom is -0.364 e. The minimum atomic E-state index is -0.699. The van der Waals surface area contributed by atoms with Crippen LogP contribution in [-0.4, -0.2) is 30.4 Å². The first-order valence-electron chi connectivity index (χ1n) is 8.88. The van der Waals surface area contributed by atoms with Gasteiger partial charge in [-0.05, 0) is 37.6 Å². The normalized spacial score (nSPS) is 11.2. The molecule has 0 saturated carbocycles. The number of nitrogens with zero attached hydrogens (tertiary/aromatic N) is 5. The van der Waals surface area contributed by atoms with Crippen LogP contribution in [0.15, 0.2) is 53.5 Å². The molecule has 0 spiro atoms. The maximum absolute atomic E-state index is 12.4. The molecule has 1 N–H and O–H groups in total. The first-order chi connectivity index (χ1) is 13.6. The highest BCUT2D eigenvalue weighted by atomic mass is 16.6. The van der Waals surface area contributed by atoms with Gasteiger partial charge in [-0.3, -0.25) is 19.3 Å². The molecule has 0 aliphatic heterocycles. The summed E-state index contributed by atoms with van der Waals surface area (Å²) in [6.07, 6.45) is 2.16. The van der Waals surface area contributed by atoms with Gasteiger partial charge in [-0.25, -0.2) is 9.97 Å². The molecule has 0 aliphatic rings. The van der Waals surface area contributed by atoms with Crippen molar-refractivity contribution in [1.82, 2.24) is 18.9 Å². The van der Waals surface area contributed by atoms with Crippen LogP contribution in [-0.2, 0) is 6.54 Å². The lowest BCUT2D eigenvalue weighted by molar-refractivity contribution is -0.385. The molecular formula is C19H18N6O3. The van der Waals surface area contributed by atoms with Gasteiger partial charge in [-0.15, -0.1) is 0 Å². The summed E-state index contributed by atoms with van der Waals surface area (Å²) in [5.41, 5.74) is 1.10. The Kier molecular flexibility index (Phi) is 4.48. The quantitative estimate of drug-likeness (QED) is 0.314. The number of imidazole rings is 1. The fraction of sp³-hybridized carbons (Fsp3) is 0.211. The van der Waals surface area contributed by atoms with Gasteiger partial charge in [0.1, 0.15) is 11.5 Å². The van der Waals surface area contributed by atoms with Gasteiger partial charge in [0, 0.05) is 19.3 Å². The number of nitrogens with one attached hydrogen (secondary N) is 1. The molecule has 1 aromatic carbocycles. The first kappa shape index (κ1) is 17.7. The van der Waals surface area contributed by atoms with Gasteiger partial charge in [0.15, 0.2) is 0 Å². The number of fused-ring (bicyclic) bond motifs is 2. The van der Waals surface area contributed by atoms with Crippen LogP contribution in [0.2, 0.25) is 0 Å². The summed E-state index contributed by atoms with van der Waals surface area (Å²) in [6, 6.07) is 12.9. The van der Waals surface area contributed by atoms with E-state index < -0.39 is 16.2 Å². The van der Waals surface area contributed by atoms with Gasteiger partial charge in [0.25, 0.3) is 0 Å². The van der Waals surface area contributed by atoms with Crippen LogP contribution in [0.5, 0.6) is 0 Å². The van der Waals surface area contributed by atoms with E-state index in [1.807, 2.05) is 31.2 Å². The maximum Gasteiger partial charge on any atom is 0.376 e. The van der Waals surface area contributed by atoms with E-state index in [0.29, 0.717) is 25.2 Å². The third-order valence-electron chi connectivity index (χ3n) is 4.59. The molecule has 0 aliphatic carbocycles. The lowest BCUT2D eigenvalue weighted by Crippen LogP contribution is -2.21. The fourth-order valence-electron chi connectivity index (χ4n) is 3.29. The fourth-order valence-corrected chi connectivity index (χ4v) is 3.29. The van der Waals surface area contributed by atoms with E-state index in [1.165, 1.54) is 10.6 Å². The molecular weight excluding hydrogens is 360 g/mol. The Bertz CT molecular complexity index is 1240. The number of rotatable bonds is 6. The van der Waals surface area contributed by atoms with E-state index in [0.717, 1.165) is 16.9 Å². The topological polar surface area (TPSA) is 107 Å². The number of aryl methyl sites for hydroxylation is 2. The van der Waals surface area contributed by atoms with Gasteiger partial charge < -0.3 is 9.88 Å². The van der Waals surface area contributed by atoms with E-state index in [1.54, 1.807) is 18.2 Å². The number of hydrogen-bond donors (Lipinski definition) is 1. The summed E-state index contributed by atoms with van der Waals surface area (Å²) in [6.45, 7) is 3.08. The Balaban J connectivity index is 1.54. The highest BCUT2D eigenvalue weighted by Crippen LogP contribution is 2.19. The van der Waals surface area contributed by atoms with Crippen LogP contribution in [0.4, 0.5) is 11.5 Å². The highest BCUT2D eigenvalue weighted by Gasteiger charge is 2.23. The molecule has 3 aromatic heterocycles. The zero-order chi connectivity index (χ0) is 19.7. The summed E-state index contributed by atoms with van der Waals surface area (Å²) in [7, 11) is 0. The molecule has 0 amide bonds. The molecule has 0 radical (unpaired) electrons. The molecule has 0 unspecified atom stereocenters. The zero-order valence-corrected chi connectivity index (χ0v) is 15.2. The Hall–Kier alpha value is -3.75. The van der Waals surface area contributed by atoms with Crippen LogP contribution < -0.4 is 10.9 Å². The second kappa shape index (κ2) is 7.10. The third kappa shape index (κ3) is 3.07. The predicted molar refractivity (Wildman–Crippen MR) is 106 cm³/mol. The van der Waals surface area contributed by atoms with Gasteiger partial charge in [0.2, 0.25) is 5.82 Å². The number of anilines is 1. The van der Waals surface area contributed by atoms with Crippen molar-refractivity contribution < 1.29 is 4.92 Å². The molecule has 4 rings (SSSR count). The van der Waals surface area contributed by atoms with Crippen molar-refractivity contribution in [3.8, 4) is 0 Å². The second-order valence-corrected chi connectivity index (χ2v) is 6.38. The molecule has 0 atom stereocenters. The monoisotopic (exact) mass is 378 g/mol. The molecule has 0 saturated heterocycles. The van der Waals surface area contributed by atoms with E-state index in [4.69, 9.17) is 0 Å². The minimum absolute atomic E-state index is 0.00610. The second-order valence-electron chi connectivity index (χ2n) is 6.38. The molecule has 28 heavy (non-hydrogen) atoms. The van der Waals surface area contributed by atoms with Crippen molar-refractivity contribution in [3.05, 3.63) is 75.0 Å². The van der Waals surface area contributed by atoms with E-state index in [2.05, 4.69) is 19.9 Å². The highest BCUT2D eigenvalue weighted by molar-refractivity contribution is 5.75. The number of para-hydroxylation sites is 2. The van der Waals surface area contributed by atoms with E-state index in [9.17, 15) is 14.9 Å². The van der Waals surface area contributed by atoms with Crippen LogP contribution in [0.25, 0.3) is 16.7 Å². The number of pyridine rings is 1. The summed E-state index contributed by atoms with van der Waals surface area (Å²) < 4.78 is 3.28. The van der Waals surface area contributed by atoms with Crippen molar-refractivity contribution in [2.75, 3.05) is 11.9 Å². The van der Waals surface area contributed by atoms with Crippen molar-refractivity contribution in [3.63, 3.8) is 0 Å². The molecule has 142 valence electrons. The average molecular weight is 378 g/mol. The van der Waals surface area contributed by atoms with Crippen LogP contribution in [0, 0.1) is 17.0 Å². The molecule has 3 heterocycles. The summed E-state index contributed by atoms with van der Waals surface area (Å²) in [4.78, 5) is 31.9. The number of hydrogen-bond acceptors (Lipinski definition) is 6. The summed E-state index contributed by atoms with van der Waals surface area (Å²) in [5.74, 6) is 0.905. The molecule has 0 bridgehead atoms. The predicted octanol–water partition coefficient (Wildman–Crippen LogP) is 2.76. The van der Waals surface area contributed by atoms with E-state index in [-0.39, 0.29) is 5.82 Å². The largest absolute Gasteiger partial charge is 0.376 e. The summed E-state index contributed by atoms with van der Waals surface area (Å²) >= 11 is 0. The van der Waals surface area contributed by atoms with Crippen molar-refractivity contribution in [2.24, 2.45) is 0 Å². The Morgan fingerprint density at radius 3 is 2.75 bits per heavy atom. The van der Waals surface area contributed by atoms with Crippen LogP contribution >= 0.6 is 0 Å². The summed E-state index contributed by atoms with van der Waals surface area (Å²) in [5, 5.41) is 14.4. The third-order valence-corrected chi connectivity index (χ3v) is 4.59. The average Bonchev–Trinajstić information content (AvgIpc) is 3.00. The molecule has 0 fully saturated rings. The molecule has 9 heteroatoms. The molecule has 9 nitrogen and oxygen atoms in total. The number of benzene rings is 1. The van der Waals surface area contributed by atoms with Crippen LogP contribution in [0.1, 0.15) is 12.2 Å². The first-order valence-corrected chi connectivity index (χ1v) is 8.88. The lowest BCUT2D eigenvalue weighted by atomic mass is 10.3. The van der Waals surface area contributed by atoms with Gasteiger partial charge in [0.05, 0.1) is 16.0 Å². The zero-order valence-electron chi connectivity index (χ0n) is 15.2. The Morgan fingerprint density at radius 2 is 1.93 bits per heavy atom. The number of aromatic nitrogens is 4. The van der Waals surface area contributed by atoms with Gasteiger partial charge >= 0.3 is 11.2 Å². The Labute approximate surface area is 159 Å². The van der Waals surface area contributed by atoms with Crippen LogP contribution in [0.3, 0.4) is 0 Å². The standard InChI is InChI=1S/C19H18N6O3/c1-13-21-14-7-2-3-8-15(14)23(13)12-6-10-20-18-17(25(27)28)19(26)24-11-5-4-9-16(24)22-18/h2-5,7-9,11,20H,6,10,12H2,1H3. The maximum atomic E-state index is 12.4. The molecule has 4 aromatic rings. The van der Waals surface area contributed by atoms with Crippen molar-refractivity contribution in [1.29, 1.82) is 0 Å². The van der Waals surface area contributed by atoms with Gasteiger partial charge in [-0.2, -0.15) is 0 Å². The Morgan fingerprint density at radius 1 is 1.14 bits per heavy atom. The SMILES string of the molecule is Cc1nc2ccccc2n1CCCNc1nc2ccccn2c(=O)c1[N+](=O)[O-].